The summed E-state index contributed by atoms with van der Waals surface area (Å²) in [6.45, 7) is 5.56. The normalized spacial score (nSPS) is 32.2. The van der Waals surface area contributed by atoms with Crippen molar-refractivity contribution in [3.8, 4) is 0 Å². The fourth-order valence-corrected chi connectivity index (χ4v) is 3.95. The van der Waals surface area contributed by atoms with Crippen molar-refractivity contribution in [2.45, 2.75) is 32.4 Å². The smallest absolute Gasteiger partial charge is 0.326 e. The molecule has 0 spiro atoms. The van der Waals surface area contributed by atoms with E-state index in [0.29, 0.717) is 0 Å². The second-order valence-corrected chi connectivity index (χ2v) is 6.64. The molecule has 0 aliphatic carbocycles. The average molecular weight is 330 g/mol. The Morgan fingerprint density at radius 2 is 1.96 bits per heavy atom. The molecule has 2 heterocycles. The lowest BCUT2D eigenvalue weighted by molar-refractivity contribution is -0.155. The van der Waals surface area contributed by atoms with Gasteiger partial charge in [-0.1, -0.05) is 24.3 Å². The Hall–Kier alpha value is -2.21. The Balaban J connectivity index is 2.10. The number of hydrogen-bond acceptors (Lipinski definition) is 5. The van der Waals surface area contributed by atoms with E-state index >= 15 is 0 Å². The van der Waals surface area contributed by atoms with Crippen molar-refractivity contribution in [1.82, 2.24) is 10.2 Å². The highest BCUT2D eigenvalue weighted by atomic mass is 16.5. The Morgan fingerprint density at radius 3 is 2.58 bits per heavy atom. The number of amides is 2. The van der Waals surface area contributed by atoms with Crippen LogP contribution < -0.4 is 5.32 Å². The van der Waals surface area contributed by atoms with E-state index in [-0.39, 0.29) is 18.4 Å². The average Bonchev–Trinajstić information content (AvgIpc) is 2.98. The molecule has 2 aliphatic heterocycles. The molecule has 1 N–H and O–H groups in total. The summed E-state index contributed by atoms with van der Waals surface area (Å²) < 4.78 is 5.19. The second kappa shape index (κ2) is 5.70. The monoisotopic (exact) mass is 330 g/mol. The largest absolute Gasteiger partial charge is 0.465 e. The number of likely N-dealkylation sites (tertiary alicyclic amines) is 1. The van der Waals surface area contributed by atoms with Gasteiger partial charge in [0.05, 0.1) is 18.4 Å². The first-order valence-corrected chi connectivity index (χ1v) is 8.14. The van der Waals surface area contributed by atoms with Gasteiger partial charge in [-0.25, -0.2) is 0 Å². The van der Waals surface area contributed by atoms with Gasteiger partial charge in [0.15, 0.2) is 0 Å². The zero-order valence-electron chi connectivity index (χ0n) is 14.3. The van der Waals surface area contributed by atoms with Crippen LogP contribution in [-0.2, 0) is 19.1 Å². The highest BCUT2D eigenvalue weighted by molar-refractivity contribution is 6.09. The number of nitrogens with zero attached hydrogens (tertiary/aromatic N) is 1. The van der Waals surface area contributed by atoms with Crippen LogP contribution in [0.1, 0.15) is 31.0 Å². The molecule has 4 atom stereocenters. The fraction of sp³-hybridized carbons (Fsp3) is 0.500. The van der Waals surface area contributed by atoms with Gasteiger partial charge in [-0.15, -0.1) is 0 Å². The maximum Gasteiger partial charge on any atom is 0.326 e. The zero-order valence-corrected chi connectivity index (χ0v) is 14.3. The van der Waals surface area contributed by atoms with Crippen molar-refractivity contribution in [2.75, 3.05) is 13.7 Å². The van der Waals surface area contributed by atoms with E-state index in [2.05, 4.69) is 5.32 Å². The number of imide groups is 1. The summed E-state index contributed by atoms with van der Waals surface area (Å²) >= 11 is 0. The number of aryl methyl sites for hydroxylation is 1. The lowest BCUT2D eigenvalue weighted by Crippen LogP contribution is -2.53. The molecule has 128 valence electrons. The Labute approximate surface area is 141 Å². The third kappa shape index (κ3) is 2.17. The van der Waals surface area contributed by atoms with Gasteiger partial charge in [0.2, 0.25) is 11.8 Å². The topological polar surface area (TPSA) is 75.7 Å². The minimum Gasteiger partial charge on any atom is -0.465 e. The van der Waals surface area contributed by atoms with E-state index < -0.39 is 29.4 Å². The molecule has 2 aliphatic rings. The number of carbonyl (C=O) groups excluding carboxylic acids is 3. The Morgan fingerprint density at radius 1 is 1.29 bits per heavy atom. The third-order valence-corrected chi connectivity index (χ3v) is 5.23. The van der Waals surface area contributed by atoms with Crippen molar-refractivity contribution in [1.29, 1.82) is 0 Å². The molecule has 1 aromatic rings. The summed E-state index contributed by atoms with van der Waals surface area (Å²) in [5.74, 6) is -2.42. The van der Waals surface area contributed by atoms with Gasteiger partial charge in [-0.3, -0.25) is 24.6 Å². The third-order valence-electron chi connectivity index (χ3n) is 5.23. The summed E-state index contributed by atoms with van der Waals surface area (Å²) in [4.78, 5) is 39.0. The molecule has 0 radical (unpaired) electrons. The maximum absolute atomic E-state index is 12.7. The van der Waals surface area contributed by atoms with Crippen LogP contribution in [0.25, 0.3) is 0 Å². The van der Waals surface area contributed by atoms with Crippen molar-refractivity contribution in [3.05, 3.63) is 35.4 Å². The van der Waals surface area contributed by atoms with Crippen LogP contribution in [0.5, 0.6) is 0 Å². The molecule has 0 unspecified atom stereocenters. The minimum atomic E-state index is -1.22. The van der Waals surface area contributed by atoms with Gasteiger partial charge in [0.1, 0.15) is 5.54 Å². The van der Waals surface area contributed by atoms with Crippen molar-refractivity contribution in [3.63, 3.8) is 0 Å². The predicted molar refractivity (Wildman–Crippen MR) is 86.9 cm³/mol. The van der Waals surface area contributed by atoms with E-state index in [1.54, 1.807) is 13.8 Å². The van der Waals surface area contributed by atoms with Gasteiger partial charge in [-0.05, 0) is 31.9 Å². The quantitative estimate of drug-likeness (QED) is 0.665. The molecule has 24 heavy (non-hydrogen) atoms. The number of esters is 1. The van der Waals surface area contributed by atoms with Gasteiger partial charge in [0.25, 0.3) is 0 Å². The van der Waals surface area contributed by atoms with Gasteiger partial charge in [-0.2, -0.15) is 0 Å². The maximum atomic E-state index is 12.7. The molecule has 0 bridgehead atoms. The summed E-state index contributed by atoms with van der Waals surface area (Å²) in [6, 6.07) is 7.30. The van der Waals surface area contributed by atoms with E-state index in [9.17, 15) is 14.4 Å². The van der Waals surface area contributed by atoms with Crippen LogP contribution in [0.3, 0.4) is 0 Å². The van der Waals surface area contributed by atoms with Crippen LogP contribution in [-0.4, -0.2) is 41.9 Å². The van der Waals surface area contributed by atoms with Crippen LogP contribution >= 0.6 is 0 Å². The molecule has 2 amide bonds. The highest BCUT2D eigenvalue weighted by Crippen LogP contribution is 2.49. The summed E-state index contributed by atoms with van der Waals surface area (Å²) in [6.07, 6.45) is 0. The van der Waals surface area contributed by atoms with E-state index in [0.717, 1.165) is 16.0 Å². The number of benzene rings is 1. The predicted octanol–water partition coefficient (Wildman–Crippen LogP) is 1.19. The molecule has 0 aromatic heterocycles. The molecule has 6 nitrogen and oxygen atoms in total. The number of hydrogen-bond donors (Lipinski definition) is 1. The Bertz CT molecular complexity index is 717. The van der Waals surface area contributed by atoms with Crippen molar-refractivity contribution < 1.29 is 19.1 Å². The van der Waals surface area contributed by atoms with E-state index in [4.69, 9.17) is 4.74 Å². The summed E-state index contributed by atoms with van der Waals surface area (Å²) in [5.41, 5.74) is 0.721. The number of nitrogens with one attached hydrogen (secondary N) is 1. The summed E-state index contributed by atoms with van der Waals surface area (Å²) in [5, 5.41) is 3.25. The lowest BCUT2D eigenvalue weighted by Gasteiger charge is -2.28. The molecule has 6 heteroatoms. The first-order chi connectivity index (χ1) is 11.3. The van der Waals surface area contributed by atoms with Crippen molar-refractivity contribution in [2.24, 2.45) is 11.8 Å². The summed E-state index contributed by atoms with van der Waals surface area (Å²) in [7, 11) is 1.48. The molecule has 1 aromatic carbocycles. The van der Waals surface area contributed by atoms with E-state index in [1.807, 2.05) is 31.2 Å². The molecular weight excluding hydrogens is 308 g/mol. The molecule has 2 saturated heterocycles. The minimum absolute atomic E-state index is 0.223. The number of carbonyl (C=O) groups is 3. The number of rotatable bonds is 3. The first kappa shape index (κ1) is 16.6. The van der Waals surface area contributed by atoms with Gasteiger partial charge in [0, 0.05) is 13.1 Å². The standard InChI is InChI=1S/C18H22N2O4/c1-5-24-17(23)18(3)13-12(15(21)20(4)16(13)22)14(19-18)11-9-7-6-8-10(11)2/h6-9,12-14,19H,5H2,1-4H3/t12-,13+,14-,18+/m0/s1. The van der Waals surface area contributed by atoms with E-state index in [1.165, 1.54) is 7.05 Å². The molecule has 0 saturated carbocycles. The van der Waals surface area contributed by atoms with Crippen LogP contribution in [0.15, 0.2) is 24.3 Å². The second-order valence-electron chi connectivity index (χ2n) is 6.64. The number of ether oxygens (including phenoxy) is 1. The zero-order chi connectivity index (χ0) is 17.6. The van der Waals surface area contributed by atoms with Crippen LogP contribution in [0, 0.1) is 18.8 Å². The number of fused-ring (bicyclic) bond motifs is 1. The highest BCUT2D eigenvalue weighted by Gasteiger charge is 2.66. The van der Waals surface area contributed by atoms with Crippen LogP contribution in [0.2, 0.25) is 0 Å². The van der Waals surface area contributed by atoms with Gasteiger partial charge >= 0.3 is 5.97 Å². The first-order valence-electron chi connectivity index (χ1n) is 8.14. The SMILES string of the molecule is CCOC(=O)[C@]1(C)N[C@@H](c2ccccc2C)[C@H]2C(=O)N(C)C(=O)[C@@H]21. The van der Waals surface area contributed by atoms with Crippen molar-refractivity contribution >= 4 is 17.8 Å². The molecule has 3 rings (SSSR count). The Kier molecular flexibility index (Phi) is 3.95. The van der Waals surface area contributed by atoms with Crippen LogP contribution in [0.4, 0.5) is 0 Å². The molecule has 2 fully saturated rings. The lowest BCUT2D eigenvalue weighted by atomic mass is 9.80. The fourth-order valence-electron chi connectivity index (χ4n) is 3.95. The van der Waals surface area contributed by atoms with Gasteiger partial charge < -0.3 is 4.74 Å². The molecular formula is C18H22N2O4.